The van der Waals surface area contributed by atoms with Crippen molar-refractivity contribution in [3.63, 3.8) is 0 Å². The zero-order valence-corrected chi connectivity index (χ0v) is 26.6. The second-order valence-electron chi connectivity index (χ2n) is 12.3. The van der Waals surface area contributed by atoms with Gasteiger partial charge >= 0.3 is 0 Å². The van der Waals surface area contributed by atoms with Gasteiger partial charge in [-0.1, -0.05) is 39.8 Å². The quantitative estimate of drug-likeness (QED) is 0.148. The number of carbonyl (C=O) groups is 4. The number of benzene rings is 2. The summed E-state index contributed by atoms with van der Waals surface area (Å²) >= 11 is 0. The van der Waals surface area contributed by atoms with Gasteiger partial charge in [-0.05, 0) is 74.4 Å². The molecule has 0 saturated heterocycles. The normalized spacial score (nSPS) is 13.5. The van der Waals surface area contributed by atoms with Crippen LogP contribution in [0.5, 0.6) is 17.2 Å². The highest BCUT2D eigenvalue weighted by Crippen LogP contribution is 2.22. The van der Waals surface area contributed by atoms with Crippen LogP contribution in [0, 0.1) is 11.8 Å². The van der Waals surface area contributed by atoms with E-state index in [1.54, 1.807) is 21.0 Å². The summed E-state index contributed by atoms with van der Waals surface area (Å²) in [7, 11) is 1.59. The molecule has 0 unspecified atom stereocenters. The number of nitrogens with one attached hydrogen (secondary N) is 4. The SMILES string of the molecule is COc1cccc(CC(C)(C)NC(=O)[C@H](CC(C)C)NC(=O)[C@@H](NC(=O)[C@@H](N)CNC(=O)c2cc(O)ccc2O)C(C)C)c1. The average molecular weight is 614 g/mol. The van der Waals surface area contributed by atoms with E-state index in [1.165, 1.54) is 6.07 Å². The van der Waals surface area contributed by atoms with Crippen molar-refractivity contribution in [1.29, 1.82) is 0 Å². The number of amides is 4. The summed E-state index contributed by atoms with van der Waals surface area (Å²) in [4.78, 5) is 52.2. The third kappa shape index (κ3) is 11.1. The Bertz CT molecular complexity index is 1310. The molecule has 0 spiro atoms. The summed E-state index contributed by atoms with van der Waals surface area (Å²) in [6.45, 7) is 10.9. The first-order chi connectivity index (χ1) is 20.5. The van der Waals surface area contributed by atoms with Crippen LogP contribution in [0.3, 0.4) is 0 Å². The zero-order valence-electron chi connectivity index (χ0n) is 26.6. The third-order valence-electron chi connectivity index (χ3n) is 6.87. The Hall–Kier alpha value is -4.32. The first-order valence-corrected chi connectivity index (χ1v) is 14.6. The van der Waals surface area contributed by atoms with Crippen molar-refractivity contribution in [2.45, 2.75) is 78.0 Å². The van der Waals surface area contributed by atoms with E-state index >= 15 is 0 Å². The molecule has 12 nitrogen and oxygen atoms in total. The number of hydrogen-bond donors (Lipinski definition) is 7. The van der Waals surface area contributed by atoms with Crippen molar-refractivity contribution in [2.75, 3.05) is 13.7 Å². The molecule has 0 bridgehead atoms. The molecular formula is C32H47N5O7. The summed E-state index contributed by atoms with van der Waals surface area (Å²) < 4.78 is 5.30. The first kappa shape index (κ1) is 35.9. The van der Waals surface area contributed by atoms with Crippen LogP contribution in [0.1, 0.15) is 63.9 Å². The van der Waals surface area contributed by atoms with Gasteiger partial charge in [0.05, 0.1) is 12.7 Å². The molecule has 0 fully saturated rings. The molecule has 0 heterocycles. The van der Waals surface area contributed by atoms with Crippen LogP contribution in [0.15, 0.2) is 42.5 Å². The van der Waals surface area contributed by atoms with Gasteiger partial charge in [0.15, 0.2) is 0 Å². The van der Waals surface area contributed by atoms with Gasteiger partial charge in [0.1, 0.15) is 35.4 Å². The van der Waals surface area contributed by atoms with Crippen molar-refractivity contribution in [3.05, 3.63) is 53.6 Å². The zero-order chi connectivity index (χ0) is 33.2. The minimum Gasteiger partial charge on any atom is -0.508 e. The molecular weight excluding hydrogens is 566 g/mol. The van der Waals surface area contributed by atoms with E-state index in [9.17, 15) is 29.4 Å². The van der Waals surface area contributed by atoms with Crippen LogP contribution < -0.4 is 31.7 Å². The van der Waals surface area contributed by atoms with E-state index in [4.69, 9.17) is 10.5 Å². The third-order valence-corrected chi connectivity index (χ3v) is 6.87. The number of methoxy groups -OCH3 is 1. The lowest BCUT2D eigenvalue weighted by Gasteiger charge is -2.31. The molecule has 4 amide bonds. The van der Waals surface area contributed by atoms with E-state index in [-0.39, 0.29) is 41.4 Å². The molecule has 0 saturated carbocycles. The molecule has 0 aromatic heterocycles. The number of hydrogen-bond acceptors (Lipinski definition) is 8. The summed E-state index contributed by atoms with van der Waals surface area (Å²) in [5.74, 6) is -2.43. The van der Waals surface area contributed by atoms with Gasteiger partial charge in [0.25, 0.3) is 5.91 Å². The fourth-order valence-corrected chi connectivity index (χ4v) is 4.61. The molecule has 2 aromatic carbocycles. The number of aromatic hydroxyl groups is 2. The predicted molar refractivity (Wildman–Crippen MR) is 167 cm³/mol. The summed E-state index contributed by atoms with van der Waals surface area (Å²) in [6.07, 6.45) is 0.904. The molecule has 8 N–H and O–H groups in total. The van der Waals surface area contributed by atoms with Crippen molar-refractivity contribution in [1.82, 2.24) is 21.3 Å². The predicted octanol–water partition coefficient (Wildman–Crippen LogP) is 1.97. The van der Waals surface area contributed by atoms with Gasteiger partial charge in [-0.25, -0.2) is 0 Å². The number of rotatable bonds is 15. The largest absolute Gasteiger partial charge is 0.508 e. The second-order valence-corrected chi connectivity index (χ2v) is 12.3. The molecule has 3 atom stereocenters. The lowest BCUT2D eigenvalue weighted by atomic mass is 9.93. The summed E-state index contributed by atoms with van der Waals surface area (Å²) in [5.41, 5.74) is 6.14. The van der Waals surface area contributed by atoms with Gasteiger partial charge in [0.2, 0.25) is 17.7 Å². The van der Waals surface area contributed by atoms with Gasteiger partial charge in [-0.2, -0.15) is 0 Å². The number of ether oxygens (including phenoxy) is 1. The van der Waals surface area contributed by atoms with Crippen molar-refractivity contribution < 1.29 is 34.1 Å². The van der Waals surface area contributed by atoms with Crippen LogP contribution >= 0.6 is 0 Å². The highest BCUT2D eigenvalue weighted by molar-refractivity contribution is 5.98. The molecule has 242 valence electrons. The molecule has 0 radical (unpaired) electrons. The van der Waals surface area contributed by atoms with Crippen LogP contribution in [-0.2, 0) is 20.8 Å². The van der Waals surface area contributed by atoms with Crippen LogP contribution in [0.2, 0.25) is 0 Å². The number of nitrogens with two attached hydrogens (primary N) is 1. The van der Waals surface area contributed by atoms with E-state index in [0.29, 0.717) is 18.6 Å². The molecule has 2 aromatic rings. The molecule has 0 aliphatic carbocycles. The van der Waals surface area contributed by atoms with Gasteiger partial charge in [-0.15, -0.1) is 0 Å². The number of phenols is 2. The Balaban J connectivity index is 2.06. The summed E-state index contributed by atoms with van der Waals surface area (Å²) in [6, 6.07) is 7.97. The molecule has 12 heteroatoms. The van der Waals surface area contributed by atoms with E-state index in [1.807, 2.05) is 52.0 Å². The van der Waals surface area contributed by atoms with Crippen LogP contribution in [-0.4, -0.2) is 71.2 Å². The van der Waals surface area contributed by atoms with Gasteiger partial charge < -0.3 is 42.0 Å². The Morgan fingerprint density at radius 2 is 1.61 bits per heavy atom. The first-order valence-electron chi connectivity index (χ1n) is 14.6. The molecule has 0 aliphatic heterocycles. The fraction of sp³-hybridized carbons (Fsp3) is 0.500. The Labute approximate surface area is 259 Å². The smallest absolute Gasteiger partial charge is 0.255 e. The highest BCUT2D eigenvalue weighted by atomic mass is 16.5. The fourth-order valence-electron chi connectivity index (χ4n) is 4.61. The maximum atomic E-state index is 13.4. The van der Waals surface area contributed by atoms with Crippen LogP contribution in [0.4, 0.5) is 0 Å². The molecule has 0 aliphatic rings. The minimum absolute atomic E-state index is 0.0858. The molecule has 2 rings (SSSR count). The summed E-state index contributed by atoms with van der Waals surface area (Å²) in [5, 5.41) is 30.4. The number of carbonyl (C=O) groups excluding carboxylic acids is 4. The van der Waals surface area contributed by atoms with E-state index in [0.717, 1.165) is 17.7 Å². The van der Waals surface area contributed by atoms with E-state index < -0.39 is 41.4 Å². The van der Waals surface area contributed by atoms with Gasteiger partial charge in [0, 0.05) is 12.1 Å². The van der Waals surface area contributed by atoms with Crippen molar-refractivity contribution >= 4 is 23.6 Å². The monoisotopic (exact) mass is 613 g/mol. The average Bonchev–Trinajstić information content (AvgIpc) is 2.94. The van der Waals surface area contributed by atoms with Crippen LogP contribution in [0.25, 0.3) is 0 Å². The maximum absolute atomic E-state index is 13.4. The Kier molecular flexibility index (Phi) is 13.0. The minimum atomic E-state index is -1.22. The maximum Gasteiger partial charge on any atom is 0.255 e. The Morgan fingerprint density at radius 3 is 2.23 bits per heavy atom. The standard InChI is InChI=1S/C32H47N5O7/c1-18(2)13-25(30(42)37-32(5,6)16-20-9-8-10-22(14-20)44-7)35-31(43)27(19(3)4)36-29(41)24(33)17-34-28(40)23-15-21(38)11-12-26(23)39/h8-12,14-15,18-19,24-25,27,38-39H,13,16-17,33H2,1-7H3,(H,34,40)(H,35,43)(H,36,41)(H,37,42)/t24-,25-,27-/m0/s1. The number of phenolic OH excluding ortho intramolecular Hbond substituents is 2. The molecule has 44 heavy (non-hydrogen) atoms. The lowest BCUT2D eigenvalue weighted by Crippen LogP contribution is -2.60. The van der Waals surface area contributed by atoms with E-state index in [2.05, 4.69) is 21.3 Å². The lowest BCUT2D eigenvalue weighted by molar-refractivity contribution is -0.134. The second kappa shape index (κ2) is 15.9. The van der Waals surface area contributed by atoms with Gasteiger partial charge in [-0.3, -0.25) is 19.2 Å². The van der Waals surface area contributed by atoms with Crippen molar-refractivity contribution in [2.24, 2.45) is 17.6 Å². The highest BCUT2D eigenvalue weighted by Gasteiger charge is 2.32. The van der Waals surface area contributed by atoms with Crippen molar-refractivity contribution in [3.8, 4) is 17.2 Å². The Morgan fingerprint density at radius 1 is 0.932 bits per heavy atom. The topological polar surface area (TPSA) is 192 Å².